The molecule has 0 amide bonds. The number of pyridine rings is 1. The number of hydrogen-bond donors (Lipinski definition) is 1. The molecule has 6 heteroatoms. The summed E-state index contributed by atoms with van der Waals surface area (Å²) >= 11 is 1.43. The molecule has 104 valence electrons. The number of esters is 1. The lowest BCUT2D eigenvalue weighted by molar-refractivity contribution is 0.0601. The van der Waals surface area contributed by atoms with E-state index in [-0.39, 0.29) is 0 Å². The van der Waals surface area contributed by atoms with Gasteiger partial charge in [0.15, 0.2) is 0 Å². The average Bonchev–Trinajstić information content (AvgIpc) is 2.49. The fraction of sp³-hybridized carbons (Fsp3) is 0.143. The van der Waals surface area contributed by atoms with Gasteiger partial charge in [-0.3, -0.25) is 0 Å². The highest BCUT2D eigenvalue weighted by Gasteiger charge is 2.12. The number of nitrogens with two attached hydrogens (primary N) is 1. The fourth-order valence-corrected chi connectivity index (χ4v) is 2.35. The summed E-state index contributed by atoms with van der Waals surface area (Å²) in [5.74, 6) is 0.316. The van der Waals surface area contributed by atoms with Crippen LogP contribution in [0.5, 0.6) is 5.75 Å². The quantitative estimate of drug-likeness (QED) is 0.872. The number of benzene rings is 1. The summed E-state index contributed by atoms with van der Waals surface area (Å²) in [4.78, 5) is 16.7. The molecule has 1 heterocycles. The highest BCUT2D eigenvalue weighted by molar-refractivity contribution is 7.99. The van der Waals surface area contributed by atoms with Crippen molar-refractivity contribution in [2.45, 2.75) is 9.92 Å². The van der Waals surface area contributed by atoms with Crippen LogP contribution in [0, 0.1) is 0 Å². The largest absolute Gasteiger partial charge is 0.497 e. The molecule has 1 aromatic carbocycles. The minimum absolute atomic E-state index is 0.302. The summed E-state index contributed by atoms with van der Waals surface area (Å²) in [5, 5.41) is 0.671. The van der Waals surface area contributed by atoms with Gasteiger partial charge < -0.3 is 15.2 Å². The van der Waals surface area contributed by atoms with Gasteiger partial charge in [0.25, 0.3) is 0 Å². The van der Waals surface area contributed by atoms with Crippen LogP contribution >= 0.6 is 11.8 Å². The van der Waals surface area contributed by atoms with Crippen molar-refractivity contribution in [3.8, 4) is 5.75 Å². The Kier molecular flexibility index (Phi) is 4.47. The third-order valence-corrected chi connectivity index (χ3v) is 3.54. The van der Waals surface area contributed by atoms with Crippen LogP contribution in [-0.4, -0.2) is 25.2 Å². The molecule has 0 atom stereocenters. The Morgan fingerprint density at radius 2 is 1.95 bits per heavy atom. The molecule has 0 unspecified atom stereocenters. The van der Waals surface area contributed by atoms with E-state index in [4.69, 9.17) is 10.5 Å². The number of carbonyl (C=O) groups excluding carboxylic acids is 1. The lowest BCUT2D eigenvalue weighted by atomic mass is 10.2. The second-order valence-electron chi connectivity index (χ2n) is 3.88. The molecule has 1 aromatic heterocycles. The Morgan fingerprint density at radius 3 is 2.55 bits per heavy atom. The first-order chi connectivity index (χ1) is 9.63. The second kappa shape index (κ2) is 6.29. The molecule has 20 heavy (non-hydrogen) atoms. The summed E-state index contributed by atoms with van der Waals surface area (Å²) in [6.45, 7) is 0. The summed E-state index contributed by atoms with van der Waals surface area (Å²) in [6.07, 6.45) is 1.46. The SMILES string of the molecule is COC(=O)c1cc(Sc2ccc(OC)cc2)ncc1N. The van der Waals surface area contributed by atoms with Gasteiger partial charge in [0, 0.05) is 4.90 Å². The zero-order valence-electron chi connectivity index (χ0n) is 11.1. The molecule has 2 N–H and O–H groups in total. The van der Waals surface area contributed by atoms with Gasteiger partial charge in [0.05, 0.1) is 31.7 Å². The molecule has 2 rings (SSSR count). The number of aromatic nitrogens is 1. The molecule has 0 spiro atoms. The highest BCUT2D eigenvalue weighted by atomic mass is 32.2. The Bertz CT molecular complexity index is 614. The van der Waals surface area contributed by atoms with Crippen LogP contribution in [0.2, 0.25) is 0 Å². The number of ether oxygens (including phenoxy) is 2. The molecule has 5 nitrogen and oxygen atoms in total. The van der Waals surface area contributed by atoms with Crippen LogP contribution in [0.25, 0.3) is 0 Å². The van der Waals surface area contributed by atoms with Crippen LogP contribution < -0.4 is 10.5 Å². The molecule has 0 saturated carbocycles. The highest BCUT2D eigenvalue weighted by Crippen LogP contribution is 2.29. The Hall–Kier alpha value is -2.21. The molecule has 0 radical (unpaired) electrons. The molecule has 0 bridgehead atoms. The first kappa shape index (κ1) is 14.2. The van der Waals surface area contributed by atoms with Gasteiger partial charge in [0.2, 0.25) is 0 Å². The smallest absolute Gasteiger partial charge is 0.340 e. The third kappa shape index (κ3) is 3.21. The maximum atomic E-state index is 11.6. The standard InChI is InChI=1S/C14H14N2O3S/c1-18-9-3-5-10(6-4-9)20-13-7-11(14(17)19-2)12(15)8-16-13/h3-8H,15H2,1-2H3. The number of anilines is 1. The topological polar surface area (TPSA) is 74.4 Å². The Labute approximate surface area is 121 Å². The summed E-state index contributed by atoms with van der Waals surface area (Å²) in [7, 11) is 2.94. The van der Waals surface area contributed by atoms with Gasteiger partial charge in [-0.05, 0) is 30.3 Å². The minimum Gasteiger partial charge on any atom is -0.497 e. The van der Waals surface area contributed by atoms with Crippen LogP contribution in [0.1, 0.15) is 10.4 Å². The molecule has 0 fully saturated rings. The van der Waals surface area contributed by atoms with Crippen molar-refractivity contribution in [1.82, 2.24) is 4.98 Å². The van der Waals surface area contributed by atoms with Crippen molar-refractivity contribution in [2.75, 3.05) is 20.0 Å². The second-order valence-corrected chi connectivity index (χ2v) is 4.97. The van der Waals surface area contributed by atoms with E-state index in [1.807, 2.05) is 24.3 Å². The van der Waals surface area contributed by atoms with Crippen molar-refractivity contribution in [1.29, 1.82) is 0 Å². The van der Waals surface area contributed by atoms with Crippen molar-refractivity contribution < 1.29 is 14.3 Å². The molecule has 0 aliphatic rings. The van der Waals surface area contributed by atoms with Crippen LogP contribution in [0.4, 0.5) is 5.69 Å². The molecule has 0 saturated heterocycles. The maximum Gasteiger partial charge on any atom is 0.340 e. The number of nitrogens with zero attached hydrogens (tertiary/aromatic N) is 1. The summed E-state index contributed by atoms with van der Waals surface area (Å²) in [5.41, 5.74) is 6.33. The van der Waals surface area contributed by atoms with Gasteiger partial charge in [-0.25, -0.2) is 9.78 Å². The van der Waals surface area contributed by atoms with Gasteiger partial charge in [0.1, 0.15) is 10.8 Å². The lowest BCUT2D eigenvalue weighted by Crippen LogP contribution is -2.06. The third-order valence-electron chi connectivity index (χ3n) is 2.60. The maximum absolute atomic E-state index is 11.6. The molecule has 2 aromatic rings. The van der Waals surface area contributed by atoms with E-state index in [1.165, 1.54) is 25.1 Å². The van der Waals surface area contributed by atoms with Gasteiger partial charge in [-0.1, -0.05) is 11.8 Å². The van der Waals surface area contributed by atoms with Crippen LogP contribution in [0.3, 0.4) is 0 Å². The van der Waals surface area contributed by atoms with Crippen LogP contribution in [-0.2, 0) is 4.74 Å². The first-order valence-electron chi connectivity index (χ1n) is 5.79. The minimum atomic E-state index is -0.471. The van der Waals surface area contributed by atoms with E-state index in [0.717, 1.165) is 10.6 Å². The van der Waals surface area contributed by atoms with Crippen molar-refractivity contribution in [2.24, 2.45) is 0 Å². The lowest BCUT2D eigenvalue weighted by Gasteiger charge is -2.06. The number of nitrogen functional groups attached to an aromatic ring is 1. The number of hydrogen-bond acceptors (Lipinski definition) is 6. The van der Waals surface area contributed by atoms with Gasteiger partial charge in [-0.15, -0.1) is 0 Å². The van der Waals surface area contributed by atoms with Gasteiger partial charge >= 0.3 is 5.97 Å². The zero-order valence-corrected chi connectivity index (χ0v) is 11.9. The molecular formula is C14H14N2O3S. The predicted octanol–water partition coefficient (Wildman–Crippen LogP) is 2.61. The Morgan fingerprint density at radius 1 is 1.25 bits per heavy atom. The zero-order chi connectivity index (χ0) is 14.5. The predicted molar refractivity (Wildman–Crippen MR) is 77.1 cm³/mol. The fourth-order valence-electron chi connectivity index (χ4n) is 1.55. The van der Waals surface area contributed by atoms with E-state index in [1.54, 1.807) is 13.2 Å². The van der Waals surface area contributed by atoms with Gasteiger partial charge in [-0.2, -0.15) is 0 Å². The first-order valence-corrected chi connectivity index (χ1v) is 6.61. The van der Waals surface area contributed by atoms with Crippen molar-refractivity contribution in [3.63, 3.8) is 0 Å². The normalized spacial score (nSPS) is 10.1. The molecule has 0 aliphatic carbocycles. The van der Waals surface area contributed by atoms with E-state index in [0.29, 0.717) is 16.3 Å². The monoisotopic (exact) mass is 290 g/mol. The van der Waals surface area contributed by atoms with Crippen LogP contribution in [0.15, 0.2) is 46.5 Å². The molecular weight excluding hydrogens is 276 g/mol. The van der Waals surface area contributed by atoms with E-state index in [2.05, 4.69) is 9.72 Å². The Balaban J connectivity index is 2.22. The molecule has 0 aliphatic heterocycles. The van der Waals surface area contributed by atoms with E-state index in [9.17, 15) is 4.79 Å². The summed E-state index contributed by atoms with van der Waals surface area (Å²) < 4.78 is 9.78. The van der Waals surface area contributed by atoms with E-state index >= 15 is 0 Å². The number of rotatable bonds is 4. The average molecular weight is 290 g/mol. The number of carbonyl (C=O) groups is 1. The van der Waals surface area contributed by atoms with Crippen molar-refractivity contribution >= 4 is 23.4 Å². The van der Waals surface area contributed by atoms with E-state index < -0.39 is 5.97 Å². The number of methoxy groups -OCH3 is 2. The summed E-state index contributed by atoms with van der Waals surface area (Å²) in [6, 6.07) is 9.18. The van der Waals surface area contributed by atoms with Crippen molar-refractivity contribution in [3.05, 3.63) is 42.1 Å².